The molecule has 3 nitrogen and oxygen atoms in total. The normalized spacial score (nSPS) is 18.6. The summed E-state index contributed by atoms with van der Waals surface area (Å²) in [5, 5.41) is 3.36. The van der Waals surface area contributed by atoms with Crippen LogP contribution in [0.1, 0.15) is 30.1 Å². The molecule has 0 aliphatic carbocycles. The highest BCUT2D eigenvalue weighted by Crippen LogP contribution is 2.22. The standard InChI is InChI=1S/C14H18BrFN2O/c1-2-18(9-10-5-4-8-17-10)14(19)13-11(15)6-3-7-12(13)16/h3,6-7,10,17H,2,4-5,8-9H2,1H3. The highest BCUT2D eigenvalue weighted by atomic mass is 79.9. The number of rotatable bonds is 4. The van der Waals surface area contributed by atoms with Crippen LogP contribution in [0.5, 0.6) is 0 Å². The molecule has 1 aromatic carbocycles. The summed E-state index contributed by atoms with van der Waals surface area (Å²) >= 11 is 3.25. The van der Waals surface area contributed by atoms with E-state index in [2.05, 4.69) is 21.2 Å². The Kier molecular flexibility index (Phi) is 4.93. The summed E-state index contributed by atoms with van der Waals surface area (Å²) in [4.78, 5) is 14.1. The predicted octanol–water partition coefficient (Wildman–Crippen LogP) is 2.80. The molecule has 2 rings (SSSR count). The van der Waals surface area contributed by atoms with Gasteiger partial charge in [0.05, 0.1) is 5.56 Å². The van der Waals surface area contributed by atoms with Gasteiger partial charge in [-0.05, 0) is 54.4 Å². The number of halogens is 2. The summed E-state index contributed by atoms with van der Waals surface area (Å²) in [6.45, 7) is 4.13. The Morgan fingerprint density at radius 3 is 2.95 bits per heavy atom. The number of hydrogen-bond donors (Lipinski definition) is 1. The summed E-state index contributed by atoms with van der Waals surface area (Å²) in [5.74, 6) is -0.724. The van der Waals surface area contributed by atoms with E-state index in [-0.39, 0.29) is 11.5 Å². The maximum Gasteiger partial charge on any atom is 0.258 e. The van der Waals surface area contributed by atoms with Gasteiger partial charge in [-0.3, -0.25) is 4.79 Å². The number of carbonyl (C=O) groups is 1. The van der Waals surface area contributed by atoms with Crippen LogP contribution >= 0.6 is 15.9 Å². The van der Waals surface area contributed by atoms with Crippen molar-refractivity contribution < 1.29 is 9.18 Å². The van der Waals surface area contributed by atoms with Gasteiger partial charge in [-0.15, -0.1) is 0 Å². The molecule has 1 aromatic rings. The average molecular weight is 329 g/mol. The molecule has 1 aliphatic heterocycles. The summed E-state index contributed by atoms with van der Waals surface area (Å²) in [6.07, 6.45) is 2.21. The number of amides is 1. The molecule has 0 bridgehead atoms. The first kappa shape index (κ1) is 14.5. The third kappa shape index (κ3) is 3.34. The van der Waals surface area contributed by atoms with Gasteiger partial charge < -0.3 is 10.2 Å². The van der Waals surface area contributed by atoms with E-state index in [0.29, 0.717) is 23.6 Å². The van der Waals surface area contributed by atoms with Crippen LogP contribution in [0.2, 0.25) is 0 Å². The zero-order chi connectivity index (χ0) is 13.8. The summed E-state index contributed by atoms with van der Waals surface area (Å²) in [6, 6.07) is 4.93. The molecule has 0 spiro atoms. The molecule has 104 valence electrons. The van der Waals surface area contributed by atoms with Crippen molar-refractivity contribution in [2.24, 2.45) is 0 Å². The minimum Gasteiger partial charge on any atom is -0.337 e. The number of nitrogens with one attached hydrogen (secondary N) is 1. The largest absolute Gasteiger partial charge is 0.337 e. The molecule has 0 aromatic heterocycles. The summed E-state index contributed by atoms with van der Waals surface area (Å²) in [7, 11) is 0. The zero-order valence-electron chi connectivity index (χ0n) is 11.0. The fourth-order valence-corrected chi connectivity index (χ4v) is 2.91. The fourth-order valence-electron chi connectivity index (χ4n) is 2.39. The number of hydrogen-bond acceptors (Lipinski definition) is 2. The van der Waals surface area contributed by atoms with Crippen molar-refractivity contribution in [1.29, 1.82) is 0 Å². The maximum absolute atomic E-state index is 13.8. The van der Waals surface area contributed by atoms with Gasteiger partial charge in [0.15, 0.2) is 0 Å². The topological polar surface area (TPSA) is 32.3 Å². The zero-order valence-corrected chi connectivity index (χ0v) is 12.5. The quantitative estimate of drug-likeness (QED) is 0.921. The number of nitrogens with zero attached hydrogens (tertiary/aromatic N) is 1. The van der Waals surface area contributed by atoms with E-state index >= 15 is 0 Å². The molecule has 1 N–H and O–H groups in total. The van der Waals surface area contributed by atoms with Crippen molar-refractivity contribution in [3.63, 3.8) is 0 Å². The lowest BCUT2D eigenvalue weighted by molar-refractivity contribution is 0.0745. The van der Waals surface area contributed by atoms with Crippen LogP contribution in [0.25, 0.3) is 0 Å². The van der Waals surface area contributed by atoms with Crippen LogP contribution in [-0.4, -0.2) is 36.5 Å². The van der Waals surface area contributed by atoms with Gasteiger partial charge >= 0.3 is 0 Å². The molecular formula is C14H18BrFN2O. The molecule has 1 fully saturated rings. The SMILES string of the molecule is CCN(CC1CCCN1)C(=O)c1c(F)cccc1Br. The Labute approximate surface area is 121 Å². The van der Waals surface area contributed by atoms with Crippen LogP contribution in [0, 0.1) is 5.82 Å². The van der Waals surface area contributed by atoms with Gasteiger partial charge in [0.25, 0.3) is 5.91 Å². The number of carbonyl (C=O) groups excluding carboxylic acids is 1. The minimum absolute atomic E-state index is 0.127. The third-order valence-electron chi connectivity index (χ3n) is 3.45. The molecule has 1 unspecified atom stereocenters. The van der Waals surface area contributed by atoms with E-state index in [9.17, 15) is 9.18 Å². The number of benzene rings is 1. The second-order valence-corrected chi connectivity index (χ2v) is 5.59. The van der Waals surface area contributed by atoms with Crippen molar-refractivity contribution in [2.75, 3.05) is 19.6 Å². The van der Waals surface area contributed by atoms with E-state index in [1.165, 1.54) is 6.07 Å². The van der Waals surface area contributed by atoms with E-state index in [0.717, 1.165) is 19.4 Å². The molecule has 1 atom stereocenters. The Hall–Kier alpha value is -0.940. The van der Waals surface area contributed by atoms with Crippen molar-refractivity contribution in [1.82, 2.24) is 10.2 Å². The first-order valence-electron chi connectivity index (χ1n) is 6.60. The van der Waals surface area contributed by atoms with E-state index in [4.69, 9.17) is 0 Å². The highest BCUT2D eigenvalue weighted by molar-refractivity contribution is 9.10. The Morgan fingerprint density at radius 2 is 2.37 bits per heavy atom. The van der Waals surface area contributed by atoms with Crippen LogP contribution < -0.4 is 5.32 Å². The average Bonchev–Trinajstić information content (AvgIpc) is 2.88. The van der Waals surface area contributed by atoms with E-state index in [1.54, 1.807) is 17.0 Å². The van der Waals surface area contributed by atoms with Gasteiger partial charge in [-0.1, -0.05) is 6.07 Å². The lowest BCUT2D eigenvalue weighted by Crippen LogP contribution is -2.41. The number of likely N-dealkylation sites (N-methyl/N-ethyl adjacent to an activating group) is 1. The molecule has 0 saturated carbocycles. The predicted molar refractivity (Wildman–Crippen MR) is 76.7 cm³/mol. The second kappa shape index (κ2) is 6.48. The maximum atomic E-state index is 13.8. The van der Waals surface area contributed by atoms with Crippen LogP contribution in [-0.2, 0) is 0 Å². The van der Waals surface area contributed by atoms with Gasteiger partial charge in [0.1, 0.15) is 5.82 Å². The third-order valence-corrected chi connectivity index (χ3v) is 4.11. The summed E-state index contributed by atoms with van der Waals surface area (Å²) in [5.41, 5.74) is 0.127. The van der Waals surface area contributed by atoms with Crippen LogP contribution in [0.3, 0.4) is 0 Å². The van der Waals surface area contributed by atoms with Crippen molar-refractivity contribution in [3.8, 4) is 0 Å². The van der Waals surface area contributed by atoms with Gasteiger partial charge in [0, 0.05) is 23.6 Å². The Morgan fingerprint density at radius 1 is 1.58 bits per heavy atom. The highest BCUT2D eigenvalue weighted by Gasteiger charge is 2.24. The molecule has 5 heteroatoms. The monoisotopic (exact) mass is 328 g/mol. The lowest BCUT2D eigenvalue weighted by atomic mass is 10.1. The first-order chi connectivity index (χ1) is 9.13. The Bertz CT molecular complexity index is 441. The van der Waals surface area contributed by atoms with Gasteiger partial charge in [0.2, 0.25) is 0 Å². The molecule has 19 heavy (non-hydrogen) atoms. The van der Waals surface area contributed by atoms with Crippen molar-refractivity contribution >= 4 is 21.8 Å². The molecule has 1 saturated heterocycles. The van der Waals surface area contributed by atoms with E-state index < -0.39 is 5.82 Å². The Balaban J connectivity index is 2.15. The van der Waals surface area contributed by atoms with Gasteiger partial charge in [-0.2, -0.15) is 0 Å². The molecular weight excluding hydrogens is 311 g/mol. The van der Waals surface area contributed by atoms with Crippen molar-refractivity contribution in [2.45, 2.75) is 25.8 Å². The first-order valence-corrected chi connectivity index (χ1v) is 7.39. The van der Waals surface area contributed by atoms with Crippen LogP contribution in [0.4, 0.5) is 4.39 Å². The van der Waals surface area contributed by atoms with Gasteiger partial charge in [-0.25, -0.2) is 4.39 Å². The molecule has 0 radical (unpaired) electrons. The smallest absolute Gasteiger partial charge is 0.258 e. The van der Waals surface area contributed by atoms with Crippen molar-refractivity contribution in [3.05, 3.63) is 34.1 Å². The fraction of sp³-hybridized carbons (Fsp3) is 0.500. The molecule has 1 aliphatic rings. The summed E-state index contributed by atoms with van der Waals surface area (Å²) < 4.78 is 14.3. The van der Waals surface area contributed by atoms with E-state index in [1.807, 2.05) is 6.92 Å². The molecule has 1 amide bonds. The minimum atomic E-state index is -0.475. The van der Waals surface area contributed by atoms with Crippen LogP contribution in [0.15, 0.2) is 22.7 Å². The molecule has 1 heterocycles. The second-order valence-electron chi connectivity index (χ2n) is 4.73. The lowest BCUT2D eigenvalue weighted by Gasteiger charge is -2.25.